The van der Waals surface area contributed by atoms with Crippen LogP contribution in [0.4, 0.5) is 0 Å². The first-order valence-corrected chi connectivity index (χ1v) is 8.39. The summed E-state index contributed by atoms with van der Waals surface area (Å²) in [5.41, 5.74) is 1.56. The topological polar surface area (TPSA) is 79.2 Å². The highest BCUT2D eigenvalue weighted by atomic mass is 35.5. The van der Waals surface area contributed by atoms with Crippen LogP contribution in [0.25, 0.3) is 5.69 Å². The van der Waals surface area contributed by atoms with Crippen LogP contribution in [0.2, 0.25) is 0 Å². The van der Waals surface area contributed by atoms with E-state index in [0.29, 0.717) is 11.6 Å². The van der Waals surface area contributed by atoms with Crippen molar-refractivity contribution in [2.75, 3.05) is 39.3 Å². The second kappa shape index (κ2) is 7.90. The zero-order valence-electron chi connectivity index (χ0n) is 13.9. The Balaban J connectivity index is 0.00000182. The van der Waals surface area contributed by atoms with Crippen LogP contribution in [0.15, 0.2) is 30.6 Å². The summed E-state index contributed by atoms with van der Waals surface area (Å²) < 4.78 is 1.57. The molecule has 2 aliphatic heterocycles. The zero-order chi connectivity index (χ0) is 16.4. The Hall–Kier alpha value is -2.03. The lowest BCUT2D eigenvalue weighted by atomic mass is 10.2. The third kappa shape index (κ3) is 3.81. The molecule has 3 heterocycles. The number of tetrazole rings is 1. The molecule has 2 aromatic rings. The fraction of sp³-hybridized carbons (Fsp3) is 0.500. The molecule has 2 fully saturated rings. The average Bonchev–Trinajstić information content (AvgIpc) is 3.34. The summed E-state index contributed by atoms with van der Waals surface area (Å²) in [7, 11) is 0. The molecule has 8 nitrogen and oxygen atoms in total. The number of rotatable bonds is 3. The van der Waals surface area contributed by atoms with Gasteiger partial charge >= 0.3 is 0 Å². The number of benzene rings is 1. The first-order valence-electron chi connectivity index (χ1n) is 8.39. The van der Waals surface area contributed by atoms with Gasteiger partial charge in [0.2, 0.25) is 0 Å². The van der Waals surface area contributed by atoms with Gasteiger partial charge in [-0.2, -0.15) is 0 Å². The fourth-order valence-corrected chi connectivity index (χ4v) is 3.49. The maximum atomic E-state index is 12.7. The van der Waals surface area contributed by atoms with Crippen LogP contribution in [-0.2, 0) is 0 Å². The van der Waals surface area contributed by atoms with E-state index >= 15 is 0 Å². The van der Waals surface area contributed by atoms with Crippen molar-refractivity contribution in [3.05, 3.63) is 36.2 Å². The lowest BCUT2D eigenvalue weighted by Crippen LogP contribution is -2.49. The predicted molar refractivity (Wildman–Crippen MR) is 95.2 cm³/mol. The molecule has 134 valence electrons. The highest BCUT2D eigenvalue weighted by molar-refractivity contribution is 5.94. The number of aromatic nitrogens is 4. The molecule has 0 bridgehead atoms. The van der Waals surface area contributed by atoms with Crippen LogP contribution in [-0.4, -0.2) is 81.2 Å². The molecule has 1 aromatic carbocycles. The van der Waals surface area contributed by atoms with Gasteiger partial charge in [-0.1, -0.05) is 0 Å². The quantitative estimate of drug-likeness (QED) is 0.839. The van der Waals surface area contributed by atoms with Crippen molar-refractivity contribution in [2.45, 2.75) is 12.5 Å². The average molecular weight is 364 g/mol. The number of amides is 1. The molecular formula is C16H22ClN7O. The standard InChI is InChI=1S/C16H21N7O.ClH/c24-16(13-1-3-14(4-2-13)23-12-18-19-20-23)22-8-5-15(11-22)21-9-6-17-7-10-21;/h1-4,12,15,17H,5-11H2;1H. The maximum Gasteiger partial charge on any atom is 0.253 e. The number of likely N-dealkylation sites (tertiary alicyclic amines) is 1. The van der Waals surface area contributed by atoms with Gasteiger partial charge in [0, 0.05) is 50.9 Å². The van der Waals surface area contributed by atoms with Gasteiger partial charge < -0.3 is 10.2 Å². The molecule has 0 saturated carbocycles. The Bertz CT molecular complexity index is 685. The van der Waals surface area contributed by atoms with Gasteiger partial charge in [-0.3, -0.25) is 9.69 Å². The Morgan fingerprint density at radius 3 is 2.56 bits per heavy atom. The molecule has 1 amide bonds. The Kier molecular flexibility index (Phi) is 5.62. The van der Waals surface area contributed by atoms with Crippen LogP contribution in [0.3, 0.4) is 0 Å². The Morgan fingerprint density at radius 2 is 1.88 bits per heavy atom. The number of nitrogens with zero attached hydrogens (tertiary/aromatic N) is 6. The summed E-state index contributed by atoms with van der Waals surface area (Å²) >= 11 is 0. The van der Waals surface area contributed by atoms with Crippen LogP contribution < -0.4 is 5.32 Å². The third-order valence-electron chi connectivity index (χ3n) is 4.85. The fourth-order valence-electron chi connectivity index (χ4n) is 3.49. The minimum absolute atomic E-state index is 0. The first-order chi connectivity index (χ1) is 11.8. The predicted octanol–water partition coefficient (Wildman–Crippen LogP) is 0.204. The van der Waals surface area contributed by atoms with E-state index < -0.39 is 0 Å². The van der Waals surface area contributed by atoms with Gasteiger partial charge in [-0.15, -0.1) is 17.5 Å². The summed E-state index contributed by atoms with van der Waals surface area (Å²) in [5.74, 6) is 0.107. The normalized spacial score (nSPS) is 21.1. The van der Waals surface area contributed by atoms with Crippen molar-refractivity contribution in [2.24, 2.45) is 0 Å². The molecule has 1 N–H and O–H groups in total. The second-order valence-corrected chi connectivity index (χ2v) is 6.28. The van der Waals surface area contributed by atoms with Gasteiger partial charge in [0.1, 0.15) is 6.33 Å². The summed E-state index contributed by atoms with van der Waals surface area (Å²) in [6.07, 6.45) is 2.60. The molecule has 0 aliphatic carbocycles. The van der Waals surface area contributed by atoms with Crippen LogP contribution >= 0.6 is 12.4 Å². The van der Waals surface area contributed by atoms with E-state index in [4.69, 9.17) is 0 Å². The molecule has 25 heavy (non-hydrogen) atoms. The van der Waals surface area contributed by atoms with Crippen molar-refractivity contribution >= 4 is 18.3 Å². The van der Waals surface area contributed by atoms with E-state index in [9.17, 15) is 4.79 Å². The van der Waals surface area contributed by atoms with Gasteiger partial charge in [0.25, 0.3) is 5.91 Å². The number of nitrogens with one attached hydrogen (secondary N) is 1. The lowest BCUT2D eigenvalue weighted by molar-refractivity contribution is 0.0773. The molecule has 0 spiro atoms. The summed E-state index contributed by atoms with van der Waals surface area (Å²) in [5, 5.41) is 14.5. The molecule has 1 atom stereocenters. The highest BCUT2D eigenvalue weighted by Gasteiger charge is 2.31. The van der Waals surface area contributed by atoms with E-state index in [1.165, 1.54) is 6.33 Å². The molecule has 1 aromatic heterocycles. The van der Waals surface area contributed by atoms with Gasteiger partial charge in [-0.05, 0) is 41.1 Å². The van der Waals surface area contributed by atoms with E-state index in [1.807, 2.05) is 29.2 Å². The molecule has 9 heteroatoms. The maximum absolute atomic E-state index is 12.7. The third-order valence-corrected chi connectivity index (χ3v) is 4.85. The zero-order valence-corrected chi connectivity index (χ0v) is 14.7. The number of hydrogen-bond donors (Lipinski definition) is 1. The Morgan fingerprint density at radius 1 is 1.12 bits per heavy atom. The minimum atomic E-state index is 0. The summed E-state index contributed by atoms with van der Waals surface area (Å²) in [4.78, 5) is 17.2. The van der Waals surface area contributed by atoms with E-state index in [0.717, 1.165) is 51.4 Å². The molecule has 1 unspecified atom stereocenters. The smallest absolute Gasteiger partial charge is 0.253 e. The monoisotopic (exact) mass is 363 g/mol. The van der Waals surface area contributed by atoms with Crippen LogP contribution in [0.1, 0.15) is 16.8 Å². The second-order valence-electron chi connectivity index (χ2n) is 6.28. The van der Waals surface area contributed by atoms with E-state index in [1.54, 1.807) is 4.68 Å². The number of hydrogen-bond acceptors (Lipinski definition) is 6. The molecular weight excluding hydrogens is 342 g/mol. The number of carbonyl (C=O) groups is 1. The van der Waals surface area contributed by atoms with Crippen molar-refractivity contribution in [1.82, 2.24) is 35.3 Å². The highest BCUT2D eigenvalue weighted by Crippen LogP contribution is 2.19. The van der Waals surface area contributed by atoms with Crippen LogP contribution in [0.5, 0.6) is 0 Å². The molecule has 0 radical (unpaired) electrons. The SMILES string of the molecule is Cl.O=C(c1ccc(-n2cnnn2)cc1)N1CCC(N2CCNCC2)C1. The molecule has 2 aliphatic rings. The van der Waals surface area contributed by atoms with Gasteiger partial charge in [0.05, 0.1) is 5.69 Å². The van der Waals surface area contributed by atoms with E-state index in [-0.39, 0.29) is 18.3 Å². The van der Waals surface area contributed by atoms with Crippen molar-refractivity contribution in [3.8, 4) is 5.69 Å². The number of carbonyl (C=O) groups excluding carboxylic acids is 1. The van der Waals surface area contributed by atoms with Crippen molar-refractivity contribution in [3.63, 3.8) is 0 Å². The summed E-state index contributed by atoms with van der Waals surface area (Å²) in [6.45, 7) is 5.91. The minimum Gasteiger partial charge on any atom is -0.337 e. The largest absolute Gasteiger partial charge is 0.337 e. The van der Waals surface area contributed by atoms with Crippen LogP contribution in [0, 0.1) is 0 Å². The molecule has 2 saturated heterocycles. The van der Waals surface area contributed by atoms with Gasteiger partial charge in [0.15, 0.2) is 0 Å². The van der Waals surface area contributed by atoms with Crippen molar-refractivity contribution < 1.29 is 4.79 Å². The lowest BCUT2D eigenvalue weighted by Gasteiger charge is -2.32. The Labute approximate surface area is 152 Å². The van der Waals surface area contributed by atoms with Gasteiger partial charge in [-0.25, -0.2) is 4.68 Å². The first kappa shape index (κ1) is 17.8. The number of piperazine rings is 1. The van der Waals surface area contributed by atoms with E-state index in [2.05, 4.69) is 25.7 Å². The molecule has 4 rings (SSSR count). The number of halogens is 1. The van der Waals surface area contributed by atoms with Crippen molar-refractivity contribution in [1.29, 1.82) is 0 Å². The summed E-state index contributed by atoms with van der Waals surface area (Å²) in [6, 6.07) is 7.92.